The van der Waals surface area contributed by atoms with E-state index in [4.69, 9.17) is 11.9 Å². The number of isocyanates is 1. The van der Waals surface area contributed by atoms with Gasteiger partial charge in [-0.3, -0.25) is 0 Å². The molecule has 0 fully saturated rings. The highest BCUT2D eigenvalue weighted by atomic mass is 35.5. The van der Waals surface area contributed by atoms with Crippen LogP contribution >= 0.6 is 11.9 Å². The molecule has 0 spiro atoms. The van der Waals surface area contributed by atoms with Crippen molar-refractivity contribution in [2.75, 3.05) is 0 Å². The highest BCUT2D eigenvalue weighted by molar-refractivity contribution is 6.09. The van der Waals surface area contributed by atoms with Gasteiger partial charge in [0, 0.05) is 0 Å². The number of carbonyl (C=O) groups excluding carboxylic acids is 1. The molecule has 0 saturated heterocycles. The number of rotatable bonds is 2. The number of para-hydroxylation sites is 2. The van der Waals surface area contributed by atoms with Crippen molar-refractivity contribution in [2.45, 2.75) is 0 Å². The Morgan fingerprint density at radius 3 is 2.82 bits per heavy atom. The maximum atomic E-state index is 9.85. The van der Waals surface area contributed by atoms with E-state index in [1.807, 2.05) is 0 Å². The number of hydrogen-bond donors (Lipinski definition) is 0. The van der Waals surface area contributed by atoms with Crippen molar-refractivity contribution >= 4 is 23.6 Å². The van der Waals surface area contributed by atoms with Crippen LogP contribution in [0, 0.1) is 0 Å². The summed E-state index contributed by atoms with van der Waals surface area (Å²) in [6.07, 6.45) is 1.40. The summed E-state index contributed by atoms with van der Waals surface area (Å²) >= 11 is 5.08. The van der Waals surface area contributed by atoms with E-state index >= 15 is 0 Å². The van der Waals surface area contributed by atoms with E-state index in [9.17, 15) is 4.79 Å². The standard InChI is InChI=1S/C7H4ClNO2/c8-11-7-4-2-1-3-6(7)9-5-10/h1-4H. The molecule has 0 aliphatic heterocycles. The third-order valence-electron chi connectivity index (χ3n) is 1.11. The highest BCUT2D eigenvalue weighted by Gasteiger charge is 1.98. The Kier molecular flexibility index (Phi) is 2.66. The summed E-state index contributed by atoms with van der Waals surface area (Å²) < 4.78 is 4.40. The Morgan fingerprint density at radius 1 is 1.45 bits per heavy atom. The van der Waals surface area contributed by atoms with E-state index < -0.39 is 0 Å². The van der Waals surface area contributed by atoms with E-state index in [0.717, 1.165) is 0 Å². The normalized spacial score (nSPS) is 8.45. The van der Waals surface area contributed by atoms with Crippen LogP contribution in [-0.2, 0) is 4.79 Å². The summed E-state index contributed by atoms with van der Waals surface area (Å²) in [5.74, 6) is 0.345. The summed E-state index contributed by atoms with van der Waals surface area (Å²) in [5, 5.41) is 0. The molecule has 0 radical (unpaired) electrons. The third-order valence-corrected chi connectivity index (χ3v) is 1.28. The lowest BCUT2D eigenvalue weighted by molar-refractivity contribution is 0.564. The van der Waals surface area contributed by atoms with Gasteiger partial charge in [0.15, 0.2) is 5.75 Å². The second-order valence-electron chi connectivity index (χ2n) is 1.75. The van der Waals surface area contributed by atoms with Gasteiger partial charge in [-0.05, 0) is 12.1 Å². The lowest BCUT2D eigenvalue weighted by Gasteiger charge is -1.96. The zero-order chi connectivity index (χ0) is 8.10. The first-order valence-electron chi connectivity index (χ1n) is 2.84. The molecule has 0 N–H and O–H groups in total. The van der Waals surface area contributed by atoms with Crippen LogP contribution < -0.4 is 4.29 Å². The highest BCUT2D eigenvalue weighted by Crippen LogP contribution is 2.26. The summed E-state index contributed by atoms with van der Waals surface area (Å²) in [7, 11) is 0. The molecule has 1 rings (SSSR count). The van der Waals surface area contributed by atoms with Crippen molar-refractivity contribution in [1.29, 1.82) is 0 Å². The van der Waals surface area contributed by atoms with Gasteiger partial charge >= 0.3 is 0 Å². The van der Waals surface area contributed by atoms with Gasteiger partial charge < -0.3 is 4.29 Å². The summed E-state index contributed by atoms with van der Waals surface area (Å²) in [5.41, 5.74) is 0.373. The topological polar surface area (TPSA) is 38.7 Å². The van der Waals surface area contributed by atoms with Crippen LogP contribution in [0.3, 0.4) is 0 Å². The number of aliphatic imine (C=N–C) groups is 1. The molecule has 0 aromatic heterocycles. The SMILES string of the molecule is O=C=Nc1ccccc1OCl. The van der Waals surface area contributed by atoms with Gasteiger partial charge in [-0.2, -0.15) is 4.99 Å². The maximum Gasteiger partial charge on any atom is 0.240 e. The molecule has 0 heterocycles. The Morgan fingerprint density at radius 2 is 2.18 bits per heavy atom. The molecular formula is C7H4ClNO2. The second-order valence-corrected chi connectivity index (χ2v) is 1.90. The average Bonchev–Trinajstić information content (AvgIpc) is 2.06. The summed E-state index contributed by atoms with van der Waals surface area (Å²) in [4.78, 5) is 13.2. The zero-order valence-electron chi connectivity index (χ0n) is 5.45. The molecule has 0 unspecified atom stereocenters. The molecule has 11 heavy (non-hydrogen) atoms. The Labute approximate surface area is 68.4 Å². The predicted octanol–water partition coefficient (Wildman–Crippen LogP) is 2.19. The van der Waals surface area contributed by atoms with Crippen molar-refractivity contribution in [2.24, 2.45) is 4.99 Å². The lowest BCUT2D eigenvalue weighted by atomic mass is 10.3. The largest absolute Gasteiger partial charge is 0.383 e. The van der Waals surface area contributed by atoms with Crippen molar-refractivity contribution in [3.63, 3.8) is 0 Å². The smallest absolute Gasteiger partial charge is 0.240 e. The van der Waals surface area contributed by atoms with E-state index in [1.54, 1.807) is 24.3 Å². The maximum absolute atomic E-state index is 9.85. The first-order valence-corrected chi connectivity index (χ1v) is 3.15. The van der Waals surface area contributed by atoms with Crippen molar-refractivity contribution < 1.29 is 9.08 Å². The molecule has 0 bridgehead atoms. The molecule has 3 nitrogen and oxygen atoms in total. The monoisotopic (exact) mass is 169 g/mol. The molecule has 0 amide bonds. The summed E-state index contributed by atoms with van der Waals surface area (Å²) in [6, 6.07) is 6.64. The van der Waals surface area contributed by atoms with Crippen LogP contribution in [0.15, 0.2) is 29.3 Å². The van der Waals surface area contributed by atoms with Crippen LogP contribution in [0.4, 0.5) is 5.69 Å². The van der Waals surface area contributed by atoms with Crippen LogP contribution in [0.5, 0.6) is 5.75 Å². The lowest BCUT2D eigenvalue weighted by Crippen LogP contribution is -1.74. The molecule has 1 aromatic rings. The fraction of sp³-hybridized carbons (Fsp3) is 0. The Bertz CT molecular complexity index is 294. The molecule has 0 atom stereocenters. The Balaban J connectivity index is 3.11. The molecule has 1 aromatic carbocycles. The quantitative estimate of drug-likeness (QED) is 0.503. The molecule has 56 valence electrons. The zero-order valence-corrected chi connectivity index (χ0v) is 6.21. The second kappa shape index (κ2) is 3.76. The molecule has 0 aliphatic carbocycles. The van der Waals surface area contributed by atoms with Crippen LogP contribution in [-0.4, -0.2) is 6.08 Å². The van der Waals surface area contributed by atoms with Gasteiger partial charge in [-0.15, -0.1) is 0 Å². The number of benzene rings is 1. The van der Waals surface area contributed by atoms with Crippen LogP contribution in [0.2, 0.25) is 0 Å². The summed E-state index contributed by atoms with van der Waals surface area (Å²) in [6.45, 7) is 0. The van der Waals surface area contributed by atoms with Gasteiger partial charge in [-0.25, -0.2) is 4.79 Å². The first-order chi connectivity index (χ1) is 5.38. The number of hydrogen-bond acceptors (Lipinski definition) is 3. The minimum absolute atomic E-state index is 0.345. The molecule has 0 aliphatic rings. The van der Waals surface area contributed by atoms with Crippen molar-refractivity contribution in [1.82, 2.24) is 0 Å². The van der Waals surface area contributed by atoms with E-state index in [1.165, 1.54) is 6.08 Å². The average molecular weight is 170 g/mol. The molecular weight excluding hydrogens is 166 g/mol. The first kappa shape index (κ1) is 7.79. The fourth-order valence-corrected chi connectivity index (χ4v) is 0.794. The van der Waals surface area contributed by atoms with Crippen LogP contribution in [0.1, 0.15) is 0 Å². The van der Waals surface area contributed by atoms with Gasteiger partial charge in [0.1, 0.15) is 17.6 Å². The van der Waals surface area contributed by atoms with Gasteiger partial charge in [0.25, 0.3) is 0 Å². The van der Waals surface area contributed by atoms with Gasteiger partial charge in [0.05, 0.1) is 0 Å². The fourth-order valence-electron chi connectivity index (χ4n) is 0.664. The van der Waals surface area contributed by atoms with Gasteiger partial charge in [-0.1, -0.05) is 12.1 Å². The number of halogens is 1. The van der Waals surface area contributed by atoms with E-state index in [-0.39, 0.29) is 0 Å². The Hall–Kier alpha value is -1.31. The van der Waals surface area contributed by atoms with E-state index in [0.29, 0.717) is 11.4 Å². The van der Waals surface area contributed by atoms with Gasteiger partial charge in [0.2, 0.25) is 6.08 Å². The van der Waals surface area contributed by atoms with Crippen molar-refractivity contribution in [3.8, 4) is 5.75 Å². The van der Waals surface area contributed by atoms with Crippen LogP contribution in [0.25, 0.3) is 0 Å². The molecule has 0 saturated carbocycles. The number of nitrogens with zero attached hydrogens (tertiary/aromatic N) is 1. The predicted molar refractivity (Wildman–Crippen MR) is 40.7 cm³/mol. The molecule has 4 heteroatoms. The minimum atomic E-state index is 0.345. The third kappa shape index (κ3) is 1.80. The van der Waals surface area contributed by atoms with Crippen molar-refractivity contribution in [3.05, 3.63) is 24.3 Å². The minimum Gasteiger partial charge on any atom is -0.383 e. The van der Waals surface area contributed by atoms with E-state index in [2.05, 4.69) is 9.28 Å².